The molecule has 0 saturated heterocycles. The molecule has 0 aromatic heterocycles. The lowest BCUT2D eigenvalue weighted by Gasteiger charge is -2.12. The van der Waals surface area contributed by atoms with Gasteiger partial charge >= 0.3 is 0 Å². The minimum Gasteiger partial charge on any atom is -0.0949 e. The molecule has 0 heteroatoms. The van der Waals surface area contributed by atoms with Crippen LogP contribution in [-0.4, -0.2) is 0 Å². The quantitative estimate of drug-likeness (QED) is 0.429. The van der Waals surface area contributed by atoms with Crippen LogP contribution in [0.15, 0.2) is 85.4 Å². The summed E-state index contributed by atoms with van der Waals surface area (Å²) in [7, 11) is 0. The molecule has 3 aromatic rings. The second kappa shape index (κ2) is 9.20. The van der Waals surface area contributed by atoms with E-state index in [1.54, 1.807) is 0 Å². The maximum atomic E-state index is 4.36. The van der Waals surface area contributed by atoms with Gasteiger partial charge in [0.1, 0.15) is 0 Å². The number of hydrogen-bond donors (Lipinski definition) is 0. The van der Waals surface area contributed by atoms with Crippen LogP contribution >= 0.6 is 0 Å². The van der Waals surface area contributed by atoms with Crippen molar-refractivity contribution in [3.63, 3.8) is 0 Å². The largest absolute Gasteiger partial charge is 0.0949 e. The molecule has 0 aliphatic carbocycles. The normalized spacial score (nSPS) is 10.7. The van der Waals surface area contributed by atoms with Crippen molar-refractivity contribution in [2.45, 2.75) is 39.0 Å². The lowest BCUT2D eigenvalue weighted by atomic mass is 9.93. The number of rotatable bonds is 8. The van der Waals surface area contributed by atoms with Crippen LogP contribution < -0.4 is 0 Å². The van der Waals surface area contributed by atoms with E-state index in [4.69, 9.17) is 0 Å². The highest BCUT2D eigenvalue weighted by Crippen LogP contribution is 2.23. The summed E-state index contributed by atoms with van der Waals surface area (Å²) in [5.74, 6) is 0. The highest BCUT2D eigenvalue weighted by atomic mass is 14.1. The zero-order valence-corrected chi connectivity index (χ0v) is 15.7. The summed E-state index contributed by atoms with van der Waals surface area (Å²) in [4.78, 5) is 0. The highest BCUT2D eigenvalue weighted by Gasteiger charge is 2.06. The summed E-state index contributed by atoms with van der Waals surface area (Å²) >= 11 is 0. The van der Waals surface area contributed by atoms with E-state index in [1.165, 1.54) is 39.8 Å². The van der Waals surface area contributed by atoms with E-state index in [-0.39, 0.29) is 0 Å². The third-order valence-corrected chi connectivity index (χ3v) is 4.90. The number of allylic oxidation sites excluding steroid dienone is 1. The fourth-order valence-corrected chi connectivity index (χ4v) is 3.45. The standard InChI is InChI=1S/C26H28/c1-3-9-25-12-7-8-13-26(25)21(2)20-24-18-16-23(17-19-24)15-14-22-10-5-4-6-11-22/h4-8,10-13,16-19H,2-3,9,14-15,20H2,1H3. The van der Waals surface area contributed by atoms with Gasteiger partial charge in [0.25, 0.3) is 0 Å². The minimum absolute atomic E-state index is 0.916. The first-order chi connectivity index (χ1) is 12.8. The fraction of sp³-hybridized carbons (Fsp3) is 0.231. The van der Waals surface area contributed by atoms with Gasteiger partial charge in [-0.1, -0.05) is 98.8 Å². The van der Waals surface area contributed by atoms with Crippen LogP contribution in [0.5, 0.6) is 0 Å². The van der Waals surface area contributed by atoms with Gasteiger partial charge in [0.2, 0.25) is 0 Å². The van der Waals surface area contributed by atoms with E-state index < -0.39 is 0 Å². The molecule has 0 bridgehead atoms. The lowest BCUT2D eigenvalue weighted by molar-refractivity contribution is 0.917. The van der Waals surface area contributed by atoms with E-state index in [1.807, 2.05) is 0 Å². The zero-order chi connectivity index (χ0) is 18.2. The number of aryl methyl sites for hydroxylation is 3. The zero-order valence-electron chi connectivity index (χ0n) is 15.7. The topological polar surface area (TPSA) is 0 Å². The molecule has 0 fully saturated rings. The first kappa shape index (κ1) is 18.2. The summed E-state index contributed by atoms with van der Waals surface area (Å²) in [6, 6.07) is 28.4. The molecule has 0 unspecified atom stereocenters. The van der Waals surface area contributed by atoms with Crippen molar-refractivity contribution in [3.05, 3.63) is 113 Å². The predicted molar refractivity (Wildman–Crippen MR) is 113 cm³/mol. The lowest BCUT2D eigenvalue weighted by Crippen LogP contribution is -1.96. The Morgan fingerprint density at radius 1 is 0.654 bits per heavy atom. The Morgan fingerprint density at radius 3 is 1.92 bits per heavy atom. The van der Waals surface area contributed by atoms with Crippen molar-refractivity contribution in [1.29, 1.82) is 0 Å². The summed E-state index contributed by atoms with van der Waals surface area (Å²) in [5.41, 5.74) is 8.09. The molecule has 3 aromatic carbocycles. The number of benzene rings is 3. The van der Waals surface area contributed by atoms with E-state index in [0.717, 1.165) is 25.7 Å². The van der Waals surface area contributed by atoms with Crippen LogP contribution in [-0.2, 0) is 25.7 Å². The predicted octanol–water partition coefficient (Wildman–Crippen LogP) is 6.68. The van der Waals surface area contributed by atoms with Crippen molar-refractivity contribution in [2.75, 3.05) is 0 Å². The van der Waals surface area contributed by atoms with Gasteiger partial charge in [0.05, 0.1) is 0 Å². The molecule has 0 N–H and O–H groups in total. The van der Waals surface area contributed by atoms with Gasteiger partial charge in [-0.3, -0.25) is 0 Å². The second-order valence-electron chi connectivity index (χ2n) is 6.99. The van der Waals surface area contributed by atoms with Crippen LogP contribution in [0.1, 0.15) is 41.2 Å². The Bertz CT molecular complexity index is 825. The van der Waals surface area contributed by atoms with E-state index >= 15 is 0 Å². The Hall–Kier alpha value is -2.60. The Labute approximate surface area is 158 Å². The van der Waals surface area contributed by atoms with E-state index in [0.29, 0.717) is 0 Å². The van der Waals surface area contributed by atoms with Crippen molar-refractivity contribution in [3.8, 4) is 0 Å². The van der Waals surface area contributed by atoms with Crippen LogP contribution in [0.3, 0.4) is 0 Å². The maximum absolute atomic E-state index is 4.36. The van der Waals surface area contributed by atoms with Crippen LogP contribution in [0.2, 0.25) is 0 Å². The molecule has 0 aliphatic heterocycles. The van der Waals surface area contributed by atoms with Crippen molar-refractivity contribution in [1.82, 2.24) is 0 Å². The minimum atomic E-state index is 0.916. The van der Waals surface area contributed by atoms with Gasteiger partial charge in [0.15, 0.2) is 0 Å². The van der Waals surface area contributed by atoms with Crippen molar-refractivity contribution < 1.29 is 0 Å². The summed E-state index contributed by atoms with van der Waals surface area (Å²) < 4.78 is 0. The number of hydrogen-bond acceptors (Lipinski definition) is 0. The average molecular weight is 341 g/mol. The summed E-state index contributed by atoms with van der Waals surface area (Å²) in [5, 5.41) is 0. The average Bonchev–Trinajstić information content (AvgIpc) is 2.69. The van der Waals surface area contributed by atoms with Crippen molar-refractivity contribution >= 4 is 5.57 Å². The second-order valence-corrected chi connectivity index (χ2v) is 6.99. The highest BCUT2D eigenvalue weighted by molar-refractivity contribution is 5.68. The molecule has 0 spiro atoms. The molecule has 0 amide bonds. The molecule has 0 saturated carbocycles. The van der Waals surface area contributed by atoms with Gasteiger partial charge in [-0.15, -0.1) is 0 Å². The van der Waals surface area contributed by atoms with E-state index in [9.17, 15) is 0 Å². The van der Waals surface area contributed by atoms with Crippen LogP contribution in [0, 0.1) is 0 Å². The molecule has 0 heterocycles. The van der Waals surface area contributed by atoms with Gasteiger partial charge in [-0.05, 0) is 59.1 Å². The summed E-state index contributed by atoms with van der Waals surface area (Å²) in [6.07, 6.45) is 5.38. The SMILES string of the molecule is C=C(Cc1ccc(CCc2ccccc2)cc1)c1ccccc1CCC. The Kier molecular flexibility index (Phi) is 6.44. The monoisotopic (exact) mass is 340 g/mol. The van der Waals surface area contributed by atoms with Crippen LogP contribution in [0.4, 0.5) is 0 Å². The molecule has 0 radical (unpaired) electrons. The fourth-order valence-electron chi connectivity index (χ4n) is 3.45. The molecule has 132 valence electrons. The molecule has 0 aliphatic rings. The first-order valence-electron chi connectivity index (χ1n) is 9.64. The van der Waals surface area contributed by atoms with E-state index in [2.05, 4.69) is 92.4 Å². The van der Waals surface area contributed by atoms with Gasteiger partial charge in [0, 0.05) is 0 Å². The molecule has 26 heavy (non-hydrogen) atoms. The molecular weight excluding hydrogens is 312 g/mol. The van der Waals surface area contributed by atoms with Gasteiger partial charge in [-0.25, -0.2) is 0 Å². The summed E-state index contributed by atoms with van der Waals surface area (Å²) in [6.45, 7) is 6.59. The molecule has 3 rings (SSSR count). The molecule has 0 atom stereocenters. The first-order valence-corrected chi connectivity index (χ1v) is 9.64. The third kappa shape index (κ3) is 4.95. The Morgan fingerprint density at radius 2 is 1.23 bits per heavy atom. The van der Waals surface area contributed by atoms with Gasteiger partial charge in [-0.2, -0.15) is 0 Å². The molecule has 0 nitrogen and oxygen atoms in total. The smallest absolute Gasteiger partial charge is 0.00256 e. The van der Waals surface area contributed by atoms with Crippen molar-refractivity contribution in [2.24, 2.45) is 0 Å². The third-order valence-electron chi connectivity index (χ3n) is 4.90. The van der Waals surface area contributed by atoms with Gasteiger partial charge < -0.3 is 0 Å². The molecular formula is C26H28. The van der Waals surface area contributed by atoms with Crippen LogP contribution in [0.25, 0.3) is 5.57 Å². The Balaban J connectivity index is 1.61. The maximum Gasteiger partial charge on any atom is -0.00256 e.